The number of Topliss-reactive ketones (excluding diaryl/α,β-unsaturated/α-hetero) is 1. The molecule has 0 unspecified atom stereocenters. The Hall–Kier alpha value is -2.75. The van der Waals surface area contributed by atoms with Crippen molar-refractivity contribution in [1.82, 2.24) is 0 Å². The van der Waals surface area contributed by atoms with Crippen LogP contribution in [0, 0.1) is 0 Å². The Labute approximate surface area is 128 Å². The zero-order chi connectivity index (χ0) is 15.5. The number of ether oxygens (including phenoxy) is 3. The number of hydrogen-bond acceptors (Lipinski definition) is 4. The maximum Gasteiger partial charge on any atom is 0.231 e. The lowest BCUT2D eigenvalue weighted by Gasteiger charge is -2.04. The first kappa shape index (κ1) is 14.2. The van der Waals surface area contributed by atoms with Crippen LogP contribution in [0.4, 0.5) is 0 Å². The van der Waals surface area contributed by atoms with Crippen molar-refractivity contribution in [3.05, 3.63) is 59.4 Å². The van der Waals surface area contributed by atoms with Crippen LogP contribution >= 0.6 is 0 Å². The number of hydrogen-bond donors (Lipinski definition) is 0. The van der Waals surface area contributed by atoms with Crippen LogP contribution in [0.25, 0.3) is 6.08 Å². The summed E-state index contributed by atoms with van der Waals surface area (Å²) < 4.78 is 16.3. The van der Waals surface area contributed by atoms with Crippen LogP contribution in [0.3, 0.4) is 0 Å². The number of rotatable bonds is 4. The lowest BCUT2D eigenvalue weighted by Crippen LogP contribution is -1.98. The van der Waals surface area contributed by atoms with Crippen LogP contribution in [-0.2, 0) is 0 Å². The van der Waals surface area contributed by atoms with Gasteiger partial charge in [0.1, 0.15) is 17.2 Å². The summed E-state index contributed by atoms with van der Waals surface area (Å²) >= 11 is 0. The number of fused-ring (bicyclic) bond motifs is 1. The molecule has 0 radical (unpaired) electrons. The summed E-state index contributed by atoms with van der Waals surface area (Å²) in [6.45, 7) is 2.48. The van der Waals surface area contributed by atoms with E-state index in [0.717, 1.165) is 11.3 Å². The molecule has 0 fully saturated rings. The van der Waals surface area contributed by atoms with Crippen LogP contribution in [0.1, 0.15) is 22.8 Å². The molecule has 0 saturated carbocycles. The third-order valence-electron chi connectivity index (χ3n) is 3.34. The van der Waals surface area contributed by atoms with Crippen molar-refractivity contribution in [2.45, 2.75) is 6.92 Å². The summed E-state index contributed by atoms with van der Waals surface area (Å²) in [7, 11) is 1.61. The smallest absolute Gasteiger partial charge is 0.231 e. The molecule has 0 saturated heterocycles. The molecule has 2 aromatic carbocycles. The SMILES string of the molecule is CCOc1ccc2c(c1)OC(=Cc1cccc(OC)c1)C2=O. The van der Waals surface area contributed by atoms with E-state index in [9.17, 15) is 4.79 Å². The molecular weight excluding hydrogens is 280 g/mol. The van der Waals surface area contributed by atoms with Gasteiger partial charge in [0, 0.05) is 6.07 Å². The first-order chi connectivity index (χ1) is 10.7. The van der Waals surface area contributed by atoms with Crippen molar-refractivity contribution in [1.29, 1.82) is 0 Å². The van der Waals surface area contributed by atoms with Gasteiger partial charge in [-0.15, -0.1) is 0 Å². The van der Waals surface area contributed by atoms with Gasteiger partial charge in [0.15, 0.2) is 5.76 Å². The normalized spacial score (nSPS) is 14.6. The molecule has 4 heteroatoms. The first-order valence-electron chi connectivity index (χ1n) is 7.06. The molecule has 0 amide bonds. The Morgan fingerprint density at radius 2 is 2.00 bits per heavy atom. The van der Waals surface area contributed by atoms with E-state index >= 15 is 0 Å². The Balaban J connectivity index is 1.90. The molecule has 112 valence electrons. The number of carbonyl (C=O) groups is 1. The average molecular weight is 296 g/mol. The third kappa shape index (κ3) is 2.68. The standard InChI is InChI=1S/C18H16O4/c1-3-21-14-7-8-15-16(11-14)22-17(18(15)19)10-12-5-4-6-13(9-12)20-2/h4-11H,3H2,1-2H3. The lowest BCUT2D eigenvalue weighted by molar-refractivity contribution is 0.101. The molecule has 0 atom stereocenters. The van der Waals surface area contributed by atoms with Crippen molar-refractivity contribution in [3.63, 3.8) is 0 Å². The summed E-state index contributed by atoms with van der Waals surface area (Å²) in [5, 5.41) is 0. The molecular formula is C18H16O4. The number of benzene rings is 2. The van der Waals surface area contributed by atoms with Gasteiger partial charge in [-0.05, 0) is 42.8 Å². The van der Waals surface area contributed by atoms with Crippen LogP contribution in [-0.4, -0.2) is 19.5 Å². The molecule has 0 aliphatic carbocycles. The number of allylic oxidation sites excluding steroid dienone is 1. The van der Waals surface area contributed by atoms with E-state index in [-0.39, 0.29) is 5.78 Å². The van der Waals surface area contributed by atoms with Crippen molar-refractivity contribution in [2.24, 2.45) is 0 Å². The third-order valence-corrected chi connectivity index (χ3v) is 3.34. The zero-order valence-electron chi connectivity index (χ0n) is 12.5. The highest BCUT2D eigenvalue weighted by molar-refractivity contribution is 6.14. The maximum absolute atomic E-state index is 12.4. The van der Waals surface area contributed by atoms with E-state index in [2.05, 4.69) is 0 Å². The first-order valence-corrected chi connectivity index (χ1v) is 7.06. The highest BCUT2D eigenvalue weighted by Gasteiger charge is 2.27. The van der Waals surface area contributed by atoms with E-state index in [0.29, 0.717) is 29.4 Å². The molecule has 4 nitrogen and oxygen atoms in total. The maximum atomic E-state index is 12.4. The lowest BCUT2D eigenvalue weighted by atomic mass is 10.1. The summed E-state index contributed by atoms with van der Waals surface area (Å²) in [4.78, 5) is 12.4. The van der Waals surface area contributed by atoms with Crippen LogP contribution < -0.4 is 14.2 Å². The molecule has 0 aromatic heterocycles. The molecule has 0 bridgehead atoms. The second-order valence-corrected chi connectivity index (χ2v) is 4.81. The van der Waals surface area contributed by atoms with Gasteiger partial charge in [-0.2, -0.15) is 0 Å². The minimum absolute atomic E-state index is 0.124. The van der Waals surface area contributed by atoms with E-state index < -0.39 is 0 Å². The average Bonchev–Trinajstić information content (AvgIpc) is 2.83. The van der Waals surface area contributed by atoms with Gasteiger partial charge in [0.05, 0.1) is 19.3 Å². The van der Waals surface area contributed by atoms with Gasteiger partial charge in [-0.25, -0.2) is 0 Å². The molecule has 2 aromatic rings. The van der Waals surface area contributed by atoms with E-state index in [1.54, 1.807) is 31.4 Å². The molecule has 1 aliphatic rings. The molecule has 0 spiro atoms. The number of carbonyl (C=O) groups excluding carboxylic acids is 1. The van der Waals surface area contributed by atoms with Gasteiger partial charge in [0.2, 0.25) is 5.78 Å². The summed E-state index contributed by atoms with van der Waals surface area (Å²) in [6.07, 6.45) is 1.71. The monoisotopic (exact) mass is 296 g/mol. The molecule has 1 heterocycles. The van der Waals surface area contributed by atoms with Gasteiger partial charge in [-0.3, -0.25) is 4.79 Å². The fourth-order valence-corrected chi connectivity index (χ4v) is 2.31. The predicted octanol–water partition coefficient (Wildman–Crippen LogP) is 3.71. The zero-order valence-corrected chi connectivity index (χ0v) is 12.5. The summed E-state index contributed by atoms with van der Waals surface area (Å²) in [5.74, 6) is 2.13. The van der Waals surface area contributed by atoms with Gasteiger partial charge >= 0.3 is 0 Å². The van der Waals surface area contributed by atoms with Crippen LogP contribution in [0.15, 0.2) is 48.2 Å². The Morgan fingerprint density at radius 3 is 2.77 bits per heavy atom. The van der Waals surface area contributed by atoms with E-state index in [1.807, 2.05) is 31.2 Å². The van der Waals surface area contributed by atoms with E-state index in [1.165, 1.54) is 0 Å². The Bertz CT molecular complexity index is 747. The van der Waals surface area contributed by atoms with Crippen molar-refractivity contribution in [3.8, 4) is 17.2 Å². The number of methoxy groups -OCH3 is 1. The second-order valence-electron chi connectivity index (χ2n) is 4.81. The largest absolute Gasteiger partial charge is 0.497 e. The van der Waals surface area contributed by atoms with Gasteiger partial charge in [0.25, 0.3) is 0 Å². The molecule has 1 aliphatic heterocycles. The van der Waals surface area contributed by atoms with Gasteiger partial charge < -0.3 is 14.2 Å². The number of ketones is 1. The second kappa shape index (κ2) is 5.93. The molecule has 3 rings (SSSR count). The van der Waals surface area contributed by atoms with Crippen LogP contribution in [0.5, 0.6) is 17.2 Å². The van der Waals surface area contributed by atoms with Crippen molar-refractivity contribution < 1.29 is 19.0 Å². The van der Waals surface area contributed by atoms with Crippen molar-refractivity contribution >= 4 is 11.9 Å². The quantitative estimate of drug-likeness (QED) is 0.807. The minimum atomic E-state index is -0.124. The minimum Gasteiger partial charge on any atom is -0.497 e. The Morgan fingerprint density at radius 1 is 1.14 bits per heavy atom. The Kier molecular flexibility index (Phi) is 3.83. The molecule has 0 N–H and O–H groups in total. The van der Waals surface area contributed by atoms with E-state index in [4.69, 9.17) is 14.2 Å². The predicted molar refractivity (Wildman–Crippen MR) is 83.5 cm³/mol. The summed E-state index contributed by atoms with van der Waals surface area (Å²) in [6, 6.07) is 12.7. The van der Waals surface area contributed by atoms with Crippen LogP contribution in [0.2, 0.25) is 0 Å². The van der Waals surface area contributed by atoms with Crippen molar-refractivity contribution in [2.75, 3.05) is 13.7 Å². The van der Waals surface area contributed by atoms with Gasteiger partial charge in [-0.1, -0.05) is 12.1 Å². The molecule has 22 heavy (non-hydrogen) atoms. The fourth-order valence-electron chi connectivity index (χ4n) is 2.31. The topological polar surface area (TPSA) is 44.8 Å². The summed E-state index contributed by atoms with van der Waals surface area (Å²) in [5.41, 5.74) is 1.40. The highest BCUT2D eigenvalue weighted by Crippen LogP contribution is 2.35. The fraction of sp³-hybridized carbons (Fsp3) is 0.167. The highest BCUT2D eigenvalue weighted by atomic mass is 16.5.